The highest BCUT2D eigenvalue weighted by atomic mass is 16.3. The fourth-order valence-corrected chi connectivity index (χ4v) is 11.4. The predicted octanol–water partition coefficient (Wildman–Crippen LogP) is 14.7. The van der Waals surface area contributed by atoms with Crippen LogP contribution in [0.15, 0.2) is 211 Å². The van der Waals surface area contributed by atoms with Crippen molar-refractivity contribution in [1.82, 2.24) is 0 Å². The Balaban J connectivity index is 1.02. The third-order valence-corrected chi connectivity index (χ3v) is 13.8. The average molecular weight is 752 g/mol. The van der Waals surface area contributed by atoms with Gasteiger partial charge in [-0.05, 0) is 122 Å². The first-order valence-corrected chi connectivity index (χ1v) is 20.6. The highest BCUT2D eigenvalue weighted by molar-refractivity contribution is 6.09. The molecule has 0 radical (unpaired) electrons. The number of fused-ring (bicyclic) bond motifs is 16. The molecule has 0 bridgehead atoms. The van der Waals surface area contributed by atoms with E-state index in [0.717, 1.165) is 33.6 Å². The van der Waals surface area contributed by atoms with Gasteiger partial charge in [0, 0.05) is 39.3 Å². The molecule has 10 aromatic rings. The smallest absolute Gasteiger partial charge is 0.137 e. The largest absolute Gasteiger partial charge is 0.456 e. The van der Waals surface area contributed by atoms with Crippen LogP contribution in [-0.2, 0) is 10.8 Å². The summed E-state index contributed by atoms with van der Waals surface area (Å²) in [6.07, 6.45) is 0. The Morgan fingerprint density at radius 1 is 0.339 bits per heavy atom. The normalized spacial score (nSPS) is 14.5. The summed E-state index contributed by atoms with van der Waals surface area (Å²) in [4.78, 5) is 2.39. The molecule has 9 aromatic carbocycles. The lowest BCUT2D eigenvalue weighted by Gasteiger charge is -2.32. The molecular weight excluding hydrogens is 715 g/mol. The van der Waals surface area contributed by atoms with E-state index < -0.39 is 5.41 Å². The minimum absolute atomic E-state index is 0.340. The minimum atomic E-state index is -0.426. The number of hydrogen-bond acceptors (Lipinski definition) is 2. The van der Waals surface area contributed by atoms with Crippen LogP contribution in [-0.4, -0.2) is 0 Å². The Bertz CT molecular complexity index is 3260. The monoisotopic (exact) mass is 751 g/mol. The van der Waals surface area contributed by atoms with Crippen LogP contribution in [0.5, 0.6) is 0 Å². The lowest BCUT2D eigenvalue weighted by atomic mass is 9.70. The fraction of sp³-hybridized carbons (Fsp3) is 0.0526. The van der Waals surface area contributed by atoms with Gasteiger partial charge in [0.1, 0.15) is 11.2 Å². The van der Waals surface area contributed by atoms with Gasteiger partial charge >= 0.3 is 0 Å². The zero-order valence-corrected chi connectivity index (χ0v) is 32.5. The molecule has 0 unspecified atom stereocenters. The summed E-state index contributed by atoms with van der Waals surface area (Å²) in [5.74, 6) is 0. The molecule has 13 rings (SSSR count). The molecule has 2 heteroatoms. The second-order valence-electron chi connectivity index (χ2n) is 16.5. The standard InChI is InChI=1S/C57H37NO/c1-56(46-23-10-5-18-39(46)40-19-6-11-24-47(40)56)51-28-15-29-53-55(51)45-33-31-38(35-54(45)59-53)58(36-16-3-2-4-17-36)37-30-32-44-43-22-9-14-27-50(43)57(52(44)34-37)48-25-12-7-20-41(48)42-21-8-13-26-49(42)57/h2-35H,1H3. The van der Waals surface area contributed by atoms with Crippen molar-refractivity contribution in [3.8, 4) is 33.4 Å². The molecule has 0 saturated heterocycles. The van der Waals surface area contributed by atoms with E-state index in [9.17, 15) is 0 Å². The topological polar surface area (TPSA) is 16.4 Å². The quantitative estimate of drug-likeness (QED) is 0.178. The van der Waals surface area contributed by atoms with E-state index >= 15 is 0 Å². The van der Waals surface area contributed by atoms with Crippen LogP contribution in [0.1, 0.15) is 45.9 Å². The molecule has 0 fully saturated rings. The van der Waals surface area contributed by atoms with Gasteiger partial charge < -0.3 is 9.32 Å². The molecule has 0 amide bonds. The Morgan fingerprint density at radius 2 is 0.797 bits per heavy atom. The van der Waals surface area contributed by atoms with Crippen molar-refractivity contribution in [3.63, 3.8) is 0 Å². The first-order valence-electron chi connectivity index (χ1n) is 20.6. The molecule has 3 aliphatic rings. The average Bonchev–Trinajstić information content (AvgIpc) is 3.99. The van der Waals surface area contributed by atoms with Crippen LogP contribution in [0.4, 0.5) is 17.1 Å². The van der Waals surface area contributed by atoms with Crippen LogP contribution in [0.25, 0.3) is 55.3 Å². The van der Waals surface area contributed by atoms with Gasteiger partial charge in [-0.25, -0.2) is 0 Å². The van der Waals surface area contributed by atoms with Gasteiger partial charge in [-0.2, -0.15) is 0 Å². The molecular formula is C57H37NO. The maximum Gasteiger partial charge on any atom is 0.137 e. The summed E-state index contributed by atoms with van der Waals surface area (Å²) in [5.41, 5.74) is 21.3. The Morgan fingerprint density at radius 3 is 1.39 bits per heavy atom. The molecule has 3 aliphatic carbocycles. The first-order chi connectivity index (χ1) is 29.2. The highest BCUT2D eigenvalue weighted by Crippen LogP contribution is 2.63. The van der Waals surface area contributed by atoms with Crippen molar-refractivity contribution in [2.75, 3.05) is 4.90 Å². The van der Waals surface area contributed by atoms with Gasteiger partial charge in [-0.1, -0.05) is 158 Å². The van der Waals surface area contributed by atoms with Gasteiger partial charge in [0.05, 0.1) is 5.41 Å². The zero-order chi connectivity index (χ0) is 38.9. The van der Waals surface area contributed by atoms with Crippen molar-refractivity contribution < 1.29 is 4.42 Å². The highest BCUT2D eigenvalue weighted by Gasteiger charge is 2.51. The lowest BCUT2D eigenvalue weighted by Crippen LogP contribution is -2.26. The maximum atomic E-state index is 6.88. The van der Waals surface area contributed by atoms with Gasteiger partial charge in [0.25, 0.3) is 0 Å². The number of benzene rings is 9. The molecule has 0 saturated carbocycles. The zero-order valence-electron chi connectivity index (χ0n) is 32.5. The van der Waals surface area contributed by atoms with Crippen LogP contribution in [0.3, 0.4) is 0 Å². The van der Waals surface area contributed by atoms with Crippen LogP contribution >= 0.6 is 0 Å². The maximum absolute atomic E-state index is 6.88. The summed E-state index contributed by atoms with van der Waals surface area (Å²) in [6, 6.07) is 76.0. The van der Waals surface area contributed by atoms with E-state index in [-0.39, 0.29) is 5.41 Å². The van der Waals surface area contributed by atoms with Crippen molar-refractivity contribution in [1.29, 1.82) is 0 Å². The molecule has 0 aliphatic heterocycles. The minimum Gasteiger partial charge on any atom is -0.456 e. The van der Waals surface area contributed by atoms with Crippen LogP contribution in [0, 0.1) is 0 Å². The molecule has 59 heavy (non-hydrogen) atoms. The Kier molecular flexibility index (Phi) is 6.54. The van der Waals surface area contributed by atoms with E-state index in [1.54, 1.807) is 0 Å². The molecule has 276 valence electrons. The molecule has 0 N–H and O–H groups in total. The van der Waals surface area contributed by atoms with Gasteiger partial charge in [0.15, 0.2) is 0 Å². The summed E-state index contributed by atoms with van der Waals surface area (Å²) in [5, 5.41) is 2.29. The molecule has 1 aromatic heterocycles. The van der Waals surface area contributed by atoms with Crippen LogP contribution < -0.4 is 4.90 Å². The SMILES string of the molecule is CC1(c2cccc3oc4cc(N(c5ccccc5)c5ccc6c(c5)C5(c7ccccc7-c7ccccc75)c5ccccc5-6)ccc4c23)c2ccccc2-c2ccccc21. The van der Waals surface area contributed by atoms with E-state index in [1.165, 1.54) is 77.7 Å². The van der Waals surface area contributed by atoms with Gasteiger partial charge in [-0.15, -0.1) is 0 Å². The second-order valence-corrected chi connectivity index (χ2v) is 16.5. The lowest BCUT2D eigenvalue weighted by molar-refractivity contribution is 0.666. The van der Waals surface area contributed by atoms with E-state index in [1.807, 2.05) is 0 Å². The number of para-hydroxylation sites is 1. The summed E-state index contributed by atoms with van der Waals surface area (Å²) < 4.78 is 6.88. The number of rotatable bonds is 4. The van der Waals surface area contributed by atoms with Gasteiger partial charge in [-0.3, -0.25) is 0 Å². The van der Waals surface area contributed by atoms with Crippen molar-refractivity contribution in [2.45, 2.75) is 17.8 Å². The van der Waals surface area contributed by atoms with Crippen molar-refractivity contribution in [2.24, 2.45) is 0 Å². The molecule has 0 atom stereocenters. The number of furan rings is 1. The molecule has 1 spiro atoms. The van der Waals surface area contributed by atoms with Crippen molar-refractivity contribution in [3.05, 3.63) is 245 Å². The van der Waals surface area contributed by atoms with E-state index in [2.05, 4.69) is 218 Å². The molecule has 2 nitrogen and oxygen atoms in total. The fourth-order valence-electron chi connectivity index (χ4n) is 11.4. The number of hydrogen-bond donors (Lipinski definition) is 0. The summed E-state index contributed by atoms with van der Waals surface area (Å²) in [6.45, 7) is 2.39. The third kappa shape index (κ3) is 4.15. The number of nitrogens with zero attached hydrogens (tertiary/aromatic N) is 1. The van der Waals surface area contributed by atoms with Crippen molar-refractivity contribution >= 4 is 39.0 Å². The second kappa shape index (κ2) is 11.8. The van der Waals surface area contributed by atoms with E-state index in [4.69, 9.17) is 4.42 Å². The third-order valence-electron chi connectivity index (χ3n) is 13.8. The van der Waals surface area contributed by atoms with E-state index in [0.29, 0.717) is 0 Å². The van der Waals surface area contributed by atoms with Gasteiger partial charge in [0.2, 0.25) is 0 Å². The number of anilines is 3. The Labute approximate surface area is 343 Å². The summed E-state index contributed by atoms with van der Waals surface area (Å²) in [7, 11) is 0. The molecule has 1 heterocycles. The first kappa shape index (κ1) is 32.6. The van der Waals surface area contributed by atoms with Crippen LogP contribution in [0.2, 0.25) is 0 Å². The Hall–Kier alpha value is -7.42. The predicted molar refractivity (Wildman–Crippen MR) is 242 cm³/mol. The summed E-state index contributed by atoms with van der Waals surface area (Å²) >= 11 is 0.